The molecule has 0 amide bonds. The Hall–Kier alpha value is -1.59. The number of rotatable bonds is 4. The zero-order chi connectivity index (χ0) is 12.3. The number of anilines is 1. The van der Waals surface area contributed by atoms with E-state index >= 15 is 0 Å². The number of benzene rings is 1. The van der Waals surface area contributed by atoms with Gasteiger partial charge in [0.2, 0.25) is 0 Å². The summed E-state index contributed by atoms with van der Waals surface area (Å²) >= 11 is 7.32. The van der Waals surface area contributed by atoms with Gasteiger partial charge in [-0.15, -0.1) is 0 Å². The van der Waals surface area contributed by atoms with Gasteiger partial charge < -0.3 is 5.32 Å². The molecule has 0 fully saturated rings. The first-order valence-corrected chi connectivity index (χ1v) is 6.18. The Morgan fingerprint density at radius 1 is 1.41 bits per heavy atom. The molecule has 2 aromatic rings. The fourth-order valence-electron chi connectivity index (χ4n) is 1.40. The van der Waals surface area contributed by atoms with E-state index in [4.69, 9.17) is 11.6 Å². The molecular formula is C11H9ClN2O2S. The Kier molecular flexibility index (Phi) is 3.61. The second-order valence-electron chi connectivity index (χ2n) is 3.40. The first-order chi connectivity index (χ1) is 8.16. The lowest BCUT2D eigenvalue weighted by Crippen LogP contribution is -2.01. The summed E-state index contributed by atoms with van der Waals surface area (Å²) in [5.74, 6) is 0. The molecule has 0 radical (unpaired) electrons. The Balaban J connectivity index is 2.17. The van der Waals surface area contributed by atoms with Gasteiger partial charge in [-0.05, 0) is 34.5 Å². The Labute approximate surface area is 107 Å². The van der Waals surface area contributed by atoms with Crippen molar-refractivity contribution < 1.29 is 4.92 Å². The maximum atomic E-state index is 10.8. The first-order valence-electron chi connectivity index (χ1n) is 4.85. The average molecular weight is 269 g/mol. The topological polar surface area (TPSA) is 55.2 Å². The van der Waals surface area contributed by atoms with Crippen LogP contribution in [0.4, 0.5) is 11.4 Å². The summed E-state index contributed by atoms with van der Waals surface area (Å²) in [6.45, 7) is 0.561. The molecular weight excluding hydrogens is 260 g/mol. The van der Waals surface area contributed by atoms with Gasteiger partial charge in [-0.25, -0.2) is 0 Å². The van der Waals surface area contributed by atoms with E-state index in [-0.39, 0.29) is 5.69 Å². The second-order valence-corrected chi connectivity index (χ2v) is 4.62. The molecule has 2 rings (SSSR count). The van der Waals surface area contributed by atoms with Crippen molar-refractivity contribution in [2.24, 2.45) is 0 Å². The van der Waals surface area contributed by atoms with Crippen molar-refractivity contribution in [2.75, 3.05) is 5.32 Å². The van der Waals surface area contributed by atoms with Crippen molar-refractivity contribution in [3.05, 3.63) is 55.7 Å². The molecule has 0 bridgehead atoms. The molecule has 1 aromatic heterocycles. The van der Waals surface area contributed by atoms with Gasteiger partial charge in [0, 0.05) is 17.6 Å². The number of nitro benzene ring substituents is 1. The molecule has 0 spiro atoms. The maximum Gasteiger partial charge on any atom is 0.293 e. The highest BCUT2D eigenvalue weighted by Gasteiger charge is 2.13. The molecule has 1 aromatic carbocycles. The number of nitrogens with zero attached hydrogens (tertiary/aromatic N) is 1. The molecule has 0 saturated carbocycles. The van der Waals surface area contributed by atoms with Crippen LogP contribution in [0.25, 0.3) is 0 Å². The van der Waals surface area contributed by atoms with Crippen molar-refractivity contribution in [1.29, 1.82) is 0 Å². The van der Waals surface area contributed by atoms with Crippen molar-refractivity contribution in [3.8, 4) is 0 Å². The van der Waals surface area contributed by atoms with Crippen molar-refractivity contribution in [3.63, 3.8) is 0 Å². The minimum Gasteiger partial charge on any atom is -0.375 e. The number of hydrogen-bond acceptors (Lipinski definition) is 4. The molecule has 1 N–H and O–H groups in total. The summed E-state index contributed by atoms with van der Waals surface area (Å²) in [5, 5.41) is 18.2. The largest absolute Gasteiger partial charge is 0.375 e. The highest BCUT2D eigenvalue weighted by atomic mass is 35.5. The van der Waals surface area contributed by atoms with Crippen LogP contribution in [0.5, 0.6) is 0 Å². The molecule has 0 aliphatic carbocycles. The molecule has 6 heteroatoms. The number of hydrogen-bond donors (Lipinski definition) is 1. The van der Waals surface area contributed by atoms with E-state index in [0.717, 1.165) is 5.56 Å². The Morgan fingerprint density at radius 2 is 2.24 bits per heavy atom. The summed E-state index contributed by atoms with van der Waals surface area (Å²) in [6, 6.07) is 6.56. The lowest BCUT2D eigenvalue weighted by atomic mass is 10.2. The second kappa shape index (κ2) is 5.16. The zero-order valence-electron chi connectivity index (χ0n) is 8.72. The van der Waals surface area contributed by atoms with Crippen LogP contribution in [0.1, 0.15) is 5.56 Å². The minimum atomic E-state index is -0.443. The van der Waals surface area contributed by atoms with E-state index in [1.165, 1.54) is 6.07 Å². The first kappa shape index (κ1) is 11.9. The maximum absolute atomic E-state index is 10.8. The van der Waals surface area contributed by atoms with E-state index in [1.54, 1.807) is 23.5 Å². The summed E-state index contributed by atoms with van der Waals surface area (Å²) in [5.41, 5.74) is 1.57. The Morgan fingerprint density at radius 3 is 2.88 bits per heavy atom. The predicted molar refractivity (Wildman–Crippen MR) is 69.8 cm³/mol. The third-order valence-corrected chi connectivity index (χ3v) is 3.19. The monoisotopic (exact) mass is 268 g/mol. The molecule has 0 atom stereocenters. The fourth-order valence-corrected chi connectivity index (χ4v) is 2.23. The van der Waals surface area contributed by atoms with Gasteiger partial charge in [-0.2, -0.15) is 11.3 Å². The van der Waals surface area contributed by atoms with Gasteiger partial charge in [-0.1, -0.05) is 11.6 Å². The van der Waals surface area contributed by atoms with Gasteiger partial charge >= 0.3 is 0 Å². The third kappa shape index (κ3) is 2.95. The Bertz CT molecular complexity index is 528. The van der Waals surface area contributed by atoms with Crippen LogP contribution >= 0.6 is 22.9 Å². The molecule has 88 valence electrons. The van der Waals surface area contributed by atoms with Gasteiger partial charge in [0.15, 0.2) is 0 Å². The number of thiophene rings is 1. The molecule has 4 nitrogen and oxygen atoms in total. The predicted octanol–water partition coefficient (Wildman–Crippen LogP) is 3.92. The van der Waals surface area contributed by atoms with Crippen LogP contribution in [-0.4, -0.2) is 4.92 Å². The van der Waals surface area contributed by atoms with Crippen LogP contribution in [0.2, 0.25) is 5.02 Å². The molecule has 0 aliphatic heterocycles. The van der Waals surface area contributed by atoms with Crippen molar-refractivity contribution in [1.82, 2.24) is 0 Å². The van der Waals surface area contributed by atoms with Crippen LogP contribution < -0.4 is 5.32 Å². The fraction of sp³-hybridized carbons (Fsp3) is 0.0909. The van der Waals surface area contributed by atoms with E-state index in [2.05, 4.69) is 5.32 Å². The van der Waals surface area contributed by atoms with Crippen molar-refractivity contribution >= 4 is 34.3 Å². The molecule has 1 heterocycles. The van der Waals surface area contributed by atoms with Crippen LogP contribution in [0.3, 0.4) is 0 Å². The van der Waals surface area contributed by atoms with Gasteiger partial charge in [0.1, 0.15) is 5.69 Å². The van der Waals surface area contributed by atoms with E-state index in [1.807, 2.05) is 16.8 Å². The lowest BCUT2D eigenvalue weighted by Gasteiger charge is -2.06. The number of nitrogens with one attached hydrogen (secondary N) is 1. The van der Waals surface area contributed by atoms with Crippen LogP contribution in [-0.2, 0) is 6.54 Å². The van der Waals surface area contributed by atoms with E-state index in [0.29, 0.717) is 17.3 Å². The summed E-state index contributed by atoms with van der Waals surface area (Å²) in [7, 11) is 0. The minimum absolute atomic E-state index is 0.00673. The van der Waals surface area contributed by atoms with Gasteiger partial charge in [0.25, 0.3) is 5.69 Å². The summed E-state index contributed by atoms with van der Waals surface area (Å²) < 4.78 is 0. The highest BCUT2D eigenvalue weighted by Crippen LogP contribution is 2.28. The third-order valence-electron chi connectivity index (χ3n) is 2.22. The summed E-state index contributed by atoms with van der Waals surface area (Å²) in [4.78, 5) is 10.4. The van der Waals surface area contributed by atoms with Crippen molar-refractivity contribution in [2.45, 2.75) is 6.54 Å². The number of nitro groups is 1. The SMILES string of the molecule is O=[N+]([O-])c1cc(Cl)ccc1NCc1ccsc1. The van der Waals surface area contributed by atoms with Gasteiger partial charge in [-0.3, -0.25) is 10.1 Å². The summed E-state index contributed by atoms with van der Waals surface area (Å²) in [6.07, 6.45) is 0. The molecule has 17 heavy (non-hydrogen) atoms. The normalized spacial score (nSPS) is 10.2. The van der Waals surface area contributed by atoms with Gasteiger partial charge in [0.05, 0.1) is 4.92 Å². The van der Waals surface area contributed by atoms with E-state index < -0.39 is 4.92 Å². The molecule has 0 aliphatic rings. The number of halogens is 1. The standard InChI is InChI=1S/C11H9ClN2O2S/c12-9-1-2-10(11(5-9)14(15)16)13-6-8-3-4-17-7-8/h1-5,7,13H,6H2. The molecule has 0 unspecified atom stereocenters. The highest BCUT2D eigenvalue weighted by molar-refractivity contribution is 7.07. The average Bonchev–Trinajstić information content (AvgIpc) is 2.80. The quantitative estimate of drug-likeness (QED) is 0.675. The van der Waals surface area contributed by atoms with Crippen LogP contribution in [0.15, 0.2) is 35.0 Å². The zero-order valence-corrected chi connectivity index (χ0v) is 10.3. The lowest BCUT2D eigenvalue weighted by molar-refractivity contribution is -0.383. The van der Waals surface area contributed by atoms with E-state index in [9.17, 15) is 10.1 Å². The van der Waals surface area contributed by atoms with Crippen LogP contribution in [0, 0.1) is 10.1 Å². The smallest absolute Gasteiger partial charge is 0.293 e. The molecule has 0 saturated heterocycles.